The normalized spacial score (nSPS) is 15.8. The number of amides is 1. The number of thioether (sulfide) groups is 1. The van der Waals surface area contributed by atoms with Crippen LogP contribution in [0.5, 0.6) is 17.2 Å². The van der Waals surface area contributed by atoms with Crippen molar-refractivity contribution in [2.75, 3.05) is 27.9 Å². The van der Waals surface area contributed by atoms with Gasteiger partial charge in [0, 0.05) is 0 Å². The second kappa shape index (κ2) is 7.54. The van der Waals surface area contributed by atoms with Crippen LogP contribution in [-0.4, -0.2) is 49.0 Å². The number of rotatable bonds is 6. The maximum absolute atomic E-state index is 12.3. The molecule has 9 heteroatoms. The number of benzene rings is 1. The number of ether oxygens (including phenoxy) is 3. The maximum atomic E-state index is 12.3. The van der Waals surface area contributed by atoms with Crippen molar-refractivity contribution in [3.05, 3.63) is 22.6 Å². The predicted octanol–water partition coefficient (Wildman–Crippen LogP) is 0.663. The topological polar surface area (TPSA) is 88.1 Å². The molecule has 0 atom stereocenters. The van der Waals surface area contributed by atoms with Gasteiger partial charge in [0.25, 0.3) is 5.91 Å². The summed E-state index contributed by atoms with van der Waals surface area (Å²) >= 11 is 6.05. The largest absolute Gasteiger partial charge is 0.548 e. The number of methoxy groups -OCH3 is 3. The Morgan fingerprint density at radius 2 is 1.83 bits per heavy atom. The molecule has 24 heavy (non-hydrogen) atoms. The molecule has 0 unspecified atom stereocenters. The lowest BCUT2D eigenvalue weighted by molar-refractivity contribution is -0.305. The Balaban J connectivity index is 2.39. The van der Waals surface area contributed by atoms with E-state index in [0.717, 1.165) is 16.7 Å². The summed E-state index contributed by atoms with van der Waals surface area (Å²) in [5, 5.41) is 10.7. The number of carbonyl (C=O) groups excluding carboxylic acids is 2. The summed E-state index contributed by atoms with van der Waals surface area (Å²) in [6.07, 6.45) is 1.58. The van der Waals surface area contributed by atoms with Crippen LogP contribution in [0.15, 0.2) is 17.0 Å². The Morgan fingerprint density at radius 3 is 2.29 bits per heavy atom. The maximum Gasteiger partial charge on any atom is 0.266 e. The van der Waals surface area contributed by atoms with Gasteiger partial charge in [-0.15, -0.1) is 0 Å². The molecule has 0 aromatic heterocycles. The average molecular weight is 368 g/mol. The second-order valence-electron chi connectivity index (χ2n) is 4.60. The highest BCUT2D eigenvalue weighted by atomic mass is 32.2. The Bertz CT molecular complexity index is 706. The molecule has 1 aliphatic heterocycles. The minimum Gasteiger partial charge on any atom is -0.548 e. The molecule has 2 rings (SSSR count). The van der Waals surface area contributed by atoms with Gasteiger partial charge in [0.05, 0.1) is 38.7 Å². The number of thiocarbonyl (C=S) groups is 1. The van der Waals surface area contributed by atoms with Gasteiger partial charge in [-0.1, -0.05) is 24.0 Å². The van der Waals surface area contributed by atoms with Crippen molar-refractivity contribution in [3.8, 4) is 17.2 Å². The van der Waals surface area contributed by atoms with Crippen LogP contribution in [0.4, 0.5) is 0 Å². The van der Waals surface area contributed by atoms with Crippen LogP contribution in [0, 0.1) is 0 Å². The molecule has 0 N–H and O–H groups in total. The first-order valence-corrected chi connectivity index (χ1v) is 7.89. The minimum atomic E-state index is -1.37. The molecule has 1 saturated heterocycles. The first-order chi connectivity index (χ1) is 11.4. The van der Waals surface area contributed by atoms with Crippen molar-refractivity contribution in [2.24, 2.45) is 0 Å². The molecule has 1 fully saturated rings. The summed E-state index contributed by atoms with van der Waals surface area (Å²) in [6, 6.07) is 3.35. The molecule has 128 valence electrons. The van der Waals surface area contributed by atoms with Crippen LogP contribution < -0.4 is 19.3 Å². The highest BCUT2D eigenvalue weighted by molar-refractivity contribution is 8.26. The van der Waals surface area contributed by atoms with E-state index in [-0.39, 0.29) is 4.32 Å². The van der Waals surface area contributed by atoms with Crippen LogP contribution in [0.2, 0.25) is 0 Å². The van der Waals surface area contributed by atoms with Crippen LogP contribution in [0.3, 0.4) is 0 Å². The van der Waals surface area contributed by atoms with Crippen LogP contribution in [0.25, 0.3) is 6.08 Å². The zero-order valence-electron chi connectivity index (χ0n) is 13.2. The van der Waals surface area contributed by atoms with Gasteiger partial charge in [0.1, 0.15) is 4.32 Å². The van der Waals surface area contributed by atoms with E-state index in [1.54, 1.807) is 18.2 Å². The second-order valence-corrected chi connectivity index (χ2v) is 6.27. The van der Waals surface area contributed by atoms with E-state index in [1.807, 2.05) is 0 Å². The Hall–Kier alpha value is -2.26. The van der Waals surface area contributed by atoms with Crippen LogP contribution in [-0.2, 0) is 9.59 Å². The van der Waals surface area contributed by atoms with Gasteiger partial charge >= 0.3 is 0 Å². The molecule has 0 radical (unpaired) electrons. The van der Waals surface area contributed by atoms with Gasteiger partial charge in [0.2, 0.25) is 5.75 Å². The van der Waals surface area contributed by atoms with Crippen LogP contribution >= 0.6 is 24.0 Å². The fourth-order valence-electron chi connectivity index (χ4n) is 2.10. The van der Waals surface area contributed by atoms with Crippen molar-refractivity contribution in [3.63, 3.8) is 0 Å². The molecule has 0 bridgehead atoms. The number of carboxylic acid groups (broad SMARTS) is 1. The standard InChI is InChI=1S/C15H15NO6S2/c1-20-9-4-8(5-10(21-2)13(9)22-3)6-11-14(19)16(7-12(17)18)15(23)24-11/h4-6H,7H2,1-3H3,(H,17,18)/p-1/b11-6+. The Labute approximate surface area is 148 Å². The van der Waals surface area contributed by atoms with E-state index >= 15 is 0 Å². The molecule has 1 amide bonds. The molecular weight excluding hydrogens is 354 g/mol. The lowest BCUT2D eigenvalue weighted by atomic mass is 10.1. The van der Waals surface area contributed by atoms with E-state index < -0.39 is 18.4 Å². The minimum absolute atomic E-state index is 0.169. The Kier molecular flexibility index (Phi) is 5.68. The van der Waals surface area contributed by atoms with E-state index in [1.165, 1.54) is 21.3 Å². The van der Waals surface area contributed by atoms with Gasteiger partial charge < -0.3 is 24.1 Å². The number of carbonyl (C=O) groups is 2. The molecule has 0 aliphatic carbocycles. The number of hydrogen-bond donors (Lipinski definition) is 0. The van der Waals surface area contributed by atoms with Gasteiger partial charge in [-0.05, 0) is 23.8 Å². The third kappa shape index (κ3) is 3.62. The first kappa shape index (κ1) is 18.1. The quantitative estimate of drug-likeness (QED) is 0.535. The predicted molar refractivity (Wildman–Crippen MR) is 91.0 cm³/mol. The lowest BCUT2D eigenvalue weighted by Crippen LogP contribution is -2.40. The summed E-state index contributed by atoms with van der Waals surface area (Å²) in [6.45, 7) is -0.572. The summed E-state index contributed by atoms with van der Waals surface area (Å²) in [5.74, 6) is -0.549. The van der Waals surface area contributed by atoms with Crippen molar-refractivity contribution in [1.82, 2.24) is 4.90 Å². The third-order valence-corrected chi connectivity index (χ3v) is 4.52. The summed E-state index contributed by atoms with van der Waals surface area (Å²) < 4.78 is 15.9. The zero-order valence-corrected chi connectivity index (χ0v) is 14.8. The first-order valence-electron chi connectivity index (χ1n) is 6.66. The molecule has 7 nitrogen and oxygen atoms in total. The van der Waals surface area contributed by atoms with Crippen molar-refractivity contribution < 1.29 is 28.9 Å². The van der Waals surface area contributed by atoms with E-state index in [4.69, 9.17) is 26.4 Å². The number of hydrogen-bond acceptors (Lipinski definition) is 8. The van der Waals surface area contributed by atoms with Gasteiger partial charge in [-0.2, -0.15) is 0 Å². The monoisotopic (exact) mass is 368 g/mol. The third-order valence-electron chi connectivity index (χ3n) is 3.15. The van der Waals surface area contributed by atoms with E-state index in [9.17, 15) is 14.7 Å². The molecule has 0 spiro atoms. The van der Waals surface area contributed by atoms with Gasteiger partial charge in [-0.3, -0.25) is 9.69 Å². The number of carboxylic acids is 1. The summed E-state index contributed by atoms with van der Waals surface area (Å²) in [4.78, 5) is 24.3. The number of nitrogens with zero attached hydrogens (tertiary/aromatic N) is 1. The molecule has 1 aromatic carbocycles. The smallest absolute Gasteiger partial charge is 0.266 e. The van der Waals surface area contributed by atoms with Gasteiger partial charge in [0.15, 0.2) is 11.5 Å². The molecule has 1 aliphatic rings. The van der Waals surface area contributed by atoms with E-state index in [2.05, 4.69) is 0 Å². The molecular formula is C15H14NO6S2-. The van der Waals surface area contributed by atoms with Crippen molar-refractivity contribution in [2.45, 2.75) is 0 Å². The van der Waals surface area contributed by atoms with Crippen LogP contribution in [0.1, 0.15) is 5.56 Å². The highest BCUT2D eigenvalue weighted by Crippen LogP contribution is 2.40. The zero-order chi connectivity index (χ0) is 17.9. The summed E-state index contributed by atoms with van der Waals surface area (Å²) in [5.41, 5.74) is 0.624. The number of aliphatic carboxylic acids is 1. The average Bonchev–Trinajstić information content (AvgIpc) is 2.80. The summed E-state index contributed by atoms with van der Waals surface area (Å²) in [7, 11) is 4.46. The molecule has 0 saturated carbocycles. The van der Waals surface area contributed by atoms with E-state index in [0.29, 0.717) is 27.7 Å². The fourth-order valence-corrected chi connectivity index (χ4v) is 3.36. The lowest BCUT2D eigenvalue weighted by Gasteiger charge is -2.14. The highest BCUT2D eigenvalue weighted by Gasteiger charge is 2.32. The molecule has 1 heterocycles. The molecule has 1 aromatic rings. The van der Waals surface area contributed by atoms with Crippen molar-refractivity contribution in [1.29, 1.82) is 0 Å². The van der Waals surface area contributed by atoms with Gasteiger partial charge in [-0.25, -0.2) is 0 Å². The SMILES string of the molecule is COc1cc(/C=C2/SC(=S)N(CC(=O)[O-])C2=O)cc(OC)c1OC. The van der Waals surface area contributed by atoms with Crippen molar-refractivity contribution >= 4 is 46.3 Å². The Morgan fingerprint density at radius 1 is 1.25 bits per heavy atom. The fraction of sp³-hybridized carbons (Fsp3) is 0.267.